The number of carbonyl (C=O) groups excluding carboxylic acids is 3. The highest BCUT2D eigenvalue weighted by molar-refractivity contribution is 6.07. The maximum Gasteiger partial charge on any atom is 0.302 e. The van der Waals surface area contributed by atoms with E-state index in [9.17, 15) is 14.4 Å². The van der Waals surface area contributed by atoms with Gasteiger partial charge in [0.1, 0.15) is 11.5 Å². The van der Waals surface area contributed by atoms with Crippen molar-refractivity contribution in [3.63, 3.8) is 0 Å². The third-order valence-electron chi connectivity index (χ3n) is 6.68. The van der Waals surface area contributed by atoms with Crippen molar-refractivity contribution < 1.29 is 14.4 Å². The van der Waals surface area contributed by atoms with Crippen LogP contribution in [0.1, 0.15) is 42.6 Å². The van der Waals surface area contributed by atoms with Gasteiger partial charge in [0.2, 0.25) is 5.91 Å². The van der Waals surface area contributed by atoms with Crippen molar-refractivity contribution in [2.75, 3.05) is 18.9 Å². The van der Waals surface area contributed by atoms with Crippen LogP contribution in [-0.4, -0.2) is 53.3 Å². The van der Waals surface area contributed by atoms with E-state index in [2.05, 4.69) is 10.2 Å². The molecule has 33 heavy (non-hydrogen) atoms. The summed E-state index contributed by atoms with van der Waals surface area (Å²) in [5.41, 5.74) is 1.13. The van der Waals surface area contributed by atoms with Crippen molar-refractivity contribution in [1.82, 2.24) is 9.80 Å². The molecule has 0 aromatic heterocycles. The van der Waals surface area contributed by atoms with Gasteiger partial charge in [0.15, 0.2) is 0 Å². The number of hydrogen-bond donors (Lipinski definition) is 1. The van der Waals surface area contributed by atoms with Crippen molar-refractivity contribution in [2.45, 2.75) is 44.3 Å². The minimum Gasteiger partial charge on any atom is -0.330 e. The van der Waals surface area contributed by atoms with Crippen molar-refractivity contribution in [3.8, 4) is 0 Å². The molecule has 1 fully saturated rings. The van der Waals surface area contributed by atoms with E-state index in [1.165, 1.54) is 9.80 Å². The number of nitrogens with zero attached hydrogens (tertiary/aromatic N) is 3. The minimum atomic E-state index is -0.939. The van der Waals surface area contributed by atoms with Gasteiger partial charge in [-0.2, -0.15) is 0 Å². The molecule has 3 unspecified atom stereocenters. The molecule has 170 valence electrons. The lowest BCUT2D eigenvalue weighted by molar-refractivity contribution is -0.136. The normalized spacial score (nSPS) is 22.1. The number of likely N-dealkylation sites (tertiary alicyclic amines) is 1. The highest BCUT2D eigenvalue weighted by Gasteiger charge is 2.59. The number of carbonyl (C=O) groups is 3. The highest BCUT2D eigenvalue weighted by Crippen LogP contribution is 2.47. The predicted molar refractivity (Wildman–Crippen MR) is 125 cm³/mol. The molecule has 2 heterocycles. The number of likely N-dealkylation sites (N-methyl/N-ethyl adjacent to an activating group) is 1. The lowest BCUT2D eigenvalue weighted by Crippen LogP contribution is -2.51. The van der Waals surface area contributed by atoms with Gasteiger partial charge in [-0.25, -0.2) is 6.57 Å². The quantitative estimate of drug-likeness (QED) is 0.717. The molecule has 0 saturated carbocycles. The zero-order valence-electron chi connectivity index (χ0n) is 19.1. The number of nitrogens with one attached hydrogen (secondary N) is 1. The van der Waals surface area contributed by atoms with E-state index in [-0.39, 0.29) is 36.6 Å². The Morgan fingerprint density at radius 1 is 1.18 bits per heavy atom. The van der Waals surface area contributed by atoms with E-state index in [0.29, 0.717) is 12.0 Å². The standard InChI is InChI=1S/C26H28N4O3/c1-17(2)14-21(29(4)23(31)18-10-6-5-7-11-18)24(32)30-16-26(15-22(30)27-3)19-12-8-9-13-20(19)28-25(26)33/h5-13,17,21-22H,14-16H2,1-2,4H3,(H,28,33). The second-order valence-electron chi connectivity index (χ2n) is 9.29. The van der Waals surface area contributed by atoms with Crippen LogP contribution in [-0.2, 0) is 15.0 Å². The topological polar surface area (TPSA) is 74.1 Å². The van der Waals surface area contributed by atoms with E-state index in [1.54, 1.807) is 31.3 Å². The largest absolute Gasteiger partial charge is 0.330 e. The van der Waals surface area contributed by atoms with Crippen molar-refractivity contribution in [3.05, 3.63) is 77.1 Å². The van der Waals surface area contributed by atoms with Crippen LogP contribution in [0.15, 0.2) is 54.6 Å². The van der Waals surface area contributed by atoms with Gasteiger partial charge in [-0.1, -0.05) is 50.2 Å². The Morgan fingerprint density at radius 3 is 2.52 bits per heavy atom. The Morgan fingerprint density at radius 2 is 1.85 bits per heavy atom. The molecular weight excluding hydrogens is 416 g/mol. The Balaban J connectivity index is 1.66. The van der Waals surface area contributed by atoms with E-state index in [4.69, 9.17) is 6.57 Å². The molecule has 7 nitrogen and oxygen atoms in total. The molecule has 0 aliphatic carbocycles. The van der Waals surface area contributed by atoms with Crippen LogP contribution < -0.4 is 5.32 Å². The fraction of sp³-hybridized carbons (Fsp3) is 0.385. The van der Waals surface area contributed by atoms with Crippen LogP contribution in [0, 0.1) is 12.5 Å². The number of fused-ring (bicyclic) bond motifs is 2. The molecule has 2 aliphatic rings. The van der Waals surface area contributed by atoms with Gasteiger partial charge in [0, 0.05) is 24.8 Å². The van der Waals surface area contributed by atoms with Crippen molar-refractivity contribution >= 4 is 23.4 Å². The van der Waals surface area contributed by atoms with Gasteiger partial charge < -0.3 is 10.2 Å². The fourth-order valence-corrected chi connectivity index (χ4v) is 4.94. The fourth-order valence-electron chi connectivity index (χ4n) is 4.94. The summed E-state index contributed by atoms with van der Waals surface area (Å²) in [4.78, 5) is 46.7. The van der Waals surface area contributed by atoms with E-state index in [0.717, 1.165) is 11.3 Å². The Kier molecular flexibility index (Phi) is 5.94. The van der Waals surface area contributed by atoms with Gasteiger partial charge in [0.25, 0.3) is 11.8 Å². The zero-order chi connectivity index (χ0) is 23.8. The number of benzene rings is 2. The van der Waals surface area contributed by atoms with Crippen LogP contribution >= 0.6 is 0 Å². The molecule has 3 amide bonds. The molecule has 1 saturated heterocycles. The lowest BCUT2D eigenvalue weighted by Gasteiger charge is -2.32. The van der Waals surface area contributed by atoms with Crippen LogP contribution in [0.25, 0.3) is 4.85 Å². The van der Waals surface area contributed by atoms with Gasteiger partial charge in [-0.05, 0) is 36.1 Å². The molecule has 1 spiro atoms. The summed E-state index contributed by atoms with van der Waals surface area (Å²) >= 11 is 0. The summed E-state index contributed by atoms with van der Waals surface area (Å²) in [6.45, 7) is 11.9. The first-order valence-electron chi connectivity index (χ1n) is 11.2. The first kappa shape index (κ1) is 22.5. The van der Waals surface area contributed by atoms with Crippen LogP contribution in [0.5, 0.6) is 0 Å². The average Bonchev–Trinajstić information content (AvgIpc) is 3.35. The molecule has 0 bridgehead atoms. The SMILES string of the molecule is [C-]#[N+]C1CC2(CN1C(=O)C(CC(C)C)N(C)C(=O)c1ccccc1)C(=O)Nc1ccccc12. The van der Waals surface area contributed by atoms with Crippen LogP contribution in [0.4, 0.5) is 5.69 Å². The molecule has 1 N–H and O–H groups in total. The molecule has 0 radical (unpaired) electrons. The first-order valence-corrected chi connectivity index (χ1v) is 11.2. The Hall–Kier alpha value is -3.66. The average molecular weight is 445 g/mol. The van der Waals surface area contributed by atoms with Crippen molar-refractivity contribution in [2.24, 2.45) is 5.92 Å². The summed E-state index contributed by atoms with van der Waals surface area (Å²) in [7, 11) is 1.64. The van der Waals surface area contributed by atoms with Gasteiger partial charge in [-0.15, -0.1) is 0 Å². The van der Waals surface area contributed by atoms with E-state index >= 15 is 0 Å². The van der Waals surface area contributed by atoms with Crippen LogP contribution in [0.2, 0.25) is 0 Å². The summed E-state index contributed by atoms with van der Waals surface area (Å²) in [6, 6.07) is 15.6. The summed E-state index contributed by atoms with van der Waals surface area (Å²) in [6.07, 6.45) is -0.0508. The maximum atomic E-state index is 13.8. The molecule has 2 aromatic carbocycles. The van der Waals surface area contributed by atoms with Gasteiger partial charge in [-0.3, -0.25) is 24.1 Å². The van der Waals surface area contributed by atoms with Gasteiger partial charge >= 0.3 is 6.17 Å². The van der Waals surface area contributed by atoms with E-state index in [1.807, 2.05) is 44.2 Å². The van der Waals surface area contributed by atoms with Crippen LogP contribution in [0.3, 0.4) is 0 Å². The monoisotopic (exact) mass is 444 g/mol. The number of amides is 3. The highest BCUT2D eigenvalue weighted by atomic mass is 16.2. The molecule has 3 atom stereocenters. The van der Waals surface area contributed by atoms with Gasteiger partial charge in [0.05, 0.1) is 6.42 Å². The number of anilines is 1. The number of rotatable bonds is 5. The zero-order valence-corrected chi connectivity index (χ0v) is 19.1. The summed E-state index contributed by atoms with van der Waals surface area (Å²) in [5.74, 6) is -0.553. The predicted octanol–water partition coefficient (Wildman–Crippen LogP) is 3.54. The molecular formula is C26H28N4O3. The smallest absolute Gasteiger partial charge is 0.302 e. The Labute approximate surface area is 194 Å². The van der Waals surface area contributed by atoms with E-state index < -0.39 is 17.6 Å². The minimum absolute atomic E-state index is 0.129. The molecule has 2 aromatic rings. The molecule has 2 aliphatic heterocycles. The Bertz CT molecular complexity index is 1120. The summed E-state index contributed by atoms with van der Waals surface area (Å²) in [5, 5.41) is 2.91. The number of para-hydroxylation sites is 1. The second kappa shape index (κ2) is 8.70. The second-order valence-corrected chi connectivity index (χ2v) is 9.29. The maximum absolute atomic E-state index is 13.8. The van der Waals surface area contributed by atoms with Crippen molar-refractivity contribution in [1.29, 1.82) is 0 Å². The summed E-state index contributed by atoms with van der Waals surface area (Å²) < 4.78 is 0. The lowest BCUT2D eigenvalue weighted by atomic mass is 9.80. The molecule has 7 heteroatoms. The first-order chi connectivity index (χ1) is 15.8. The number of hydrogen-bond acceptors (Lipinski definition) is 3. The third kappa shape index (κ3) is 3.86. The third-order valence-corrected chi connectivity index (χ3v) is 6.68. The molecule has 4 rings (SSSR count).